The Labute approximate surface area is 170 Å². The first-order chi connectivity index (χ1) is 13.8. The highest BCUT2D eigenvalue weighted by atomic mass is 16.6. The van der Waals surface area contributed by atoms with Gasteiger partial charge < -0.3 is 18.9 Å². The van der Waals surface area contributed by atoms with Crippen LogP contribution in [0.1, 0.15) is 19.4 Å². The maximum atomic E-state index is 11.5. The van der Waals surface area contributed by atoms with Crippen LogP contribution in [0.25, 0.3) is 10.8 Å². The van der Waals surface area contributed by atoms with E-state index in [0.29, 0.717) is 22.6 Å². The summed E-state index contributed by atoms with van der Waals surface area (Å²) in [5.41, 5.74) is 1.65. The zero-order chi connectivity index (χ0) is 21.4. The summed E-state index contributed by atoms with van der Waals surface area (Å²) in [6.45, 7) is 12.9. The number of carbonyl (C=O) groups is 2. The Kier molecular flexibility index (Phi) is 7.83. The van der Waals surface area contributed by atoms with Crippen LogP contribution in [0.15, 0.2) is 54.6 Å². The molecule has 0 saturated heterocycles. The van der Waals surface area contributed by atoms with Crippen LogP contribution in [0.4, 0.5) is 0 Å². The lowest BCUT2D eigenvalue weighted by Gasteiger charge is -2.14. The quantitative estimate of drug-likeness (QED) is 0.340. The van der Waals surface area contributed by atoms with E-state index >= 15 is 0 Å². The Bertz CT molecular complexity index is 928. The monoisotopic (exact) mass is 398 g/mol. The summed E-state index contributed by atoms with van der Waals surface area (Å²) >= 11 is 0. The van der Waals surface area contributed by atoms with Gasteiger partial charge in [0.25, 0.3) is 0 Å². The molecule has 0 heterocycles. The number of hydrogen-bond acceptors (Lipinski definition) is 6. The Morgan fingerprint density at radius 2 is 1.38 bits per heavy atom. The number of benzene rings is 2. The van der Waals surface area contributed by atoms with Crippen molar-refractivity contribution in [3.05, 3.63) is 60.2 Å². The van der Waals surface area contributed by atoms with Crippen LogP contribution < -0.4 is 9.47 Å². The van der Waals surface area contributed by atoms with Crippen LogP contribution in [-0.2, 0) is 19.1 Å². The van der Waals surface area contributed by atoms with Crippen molar-refractivity contribution >= 4 is 22.7 Å². The van der Waals surface area contributed by atoms with Crippen LogP contribution in [0.5, 0.6) is 11.5 Å². The van der Waals surface area contributed by atoms with Crippen LogP contribution in [0.3, 0.4) is 0 Å². The Balaban J connectivity index is 2.02. The number of fused-ring (bicyclic) bond motifs is 1. The molecule has 6 nitrogen and oxygen atoms in total. The molecule has 0 bridgehead atoms. The van der Waals surface area contributed by atoms with Crippen LogP contribution in [0, 0.1) is 6.92 Å². The average molecular weight is 398 g/mol. The van der Waals surface area contributed by atoms with Gasteiger partial charge in [-0.15, -0.1) is 0 Å². The summed E-state index contributed by atoms with van der Waals surface area (Å²) in [5.74, 6) is 0.457. The molecular formula is C23H26O6. The van der Waals surface area contributed by atoms with Gasteiger partial charge in [0.15, 0.2) is 0 Å². The van der Waals surface area contributed by atoms with Gasteiger partial charge in [0, 0.05) is 16.5 Å². The fourth-order valence-corrected chi connectivity index (χ4v) is 2.48. The summed E-state index contributed by atoms with van der Waals surface area (Å²) in [6, 6.07) is 9.61. The fourth-order valence-electron chi connectivity index (χ4n) is 2.48. The van der Waals surface area contributed by atoms with Gasteiger partial charge in [0.2, 0.25) is 0 Å². The zero-order valence-corrected chi connectivity index (χ0v) is 17.1. The van der Waals surface area contributed by atoms with E-state index in [1.807, 2.05) is 37.3 Å². The third-order valence-corrected chi connectivity index (χ3v) is 3.99. The Hall–Kier alpha value is -3.28. The molecule has 2 rings (SSSR count). The molecule has 0 aliphatic heterocycles. The Morgan fingerprint density at radius 3 is 1.97 bits per heavy atom. The molecule has 154 valence electrons. The van der Waals surface area contributed by atoms with Gasteiger partial charge in [0.1, 0.15) is 37.9 Å². The van der Waals surface area contributed by atoms with Crippen molar-refractivity contribution in [3.63, 3.8) is 0 Å². The molecule has 0 saturated carbocycles. The molecule has 0 aliphatic rings. The summed E-state index contributed by atoms with van der Waals surface area (Å²) in [7, 11) is 0. The van der Waals surface area contributed by atoms with Gasteiger partial charge in [-0.2, -0.15) is 0 Å². The van der Waals surface area contributed by atoms with E-state index < -0.39 is 11.9 Å². The number of rotatable bonds is 10. The number of carbonyl (C=O) groups excluding carboxylic acids is 2. The molecular weight excluding hydrogens is 372 g/mol. The Morgan fingerprint density at radius 1 is 0.828 bits per heavy atom. The van der Waals surface area contributed by atoms with Gasteiger partial charge in [0.05, 0.1) is 0 Å². The lowest BCUT2D eigenvalue weighted by atomic mass is 10.1. The van der Waals surface area contributed by atoms with Crippen LogP contribution >= 0.6 is 0 Å². The second kappa shape index (κ2) is 10.3. The molecule has 0 aromatic heterocycles. The molecule has 0 atom stereocenters. The molecule has 2 aromatic rings. The standard InChI is InChI=1S/C23H26O6/c1-15(2)22(24)28-12-10-26-19-9-8-18-7-6-17(5)21(20(18)14-19)27-11-13-29-23(25)16(3)4/h6-9,14H,1,3,10-13H2,2,4-5H3. The van der Waals surface area contributed by atoms with E-state index in [4.69, 9.17) is 18.9 Å². The number of hydrogen-bond donors (Lipinski definition) is 0. The maximum absolute atomic E-state index is 11.5. The average Bonchev–Trinajstić information content (AvgIpc) is 2.69. The summed E-state index contributed by atoms with van der Waals surface area (Å²) in [5, 5.41) is 1.87. The second-order valence-electron chi connectivity index (χ2n) is 6.62. The van der Waals surface area contributed by atoms with Gasteiger partial charge in [-0.3, -0.25) is 0 Å². The van der Waals surface area contributed by atoms with Crippen molar-refractivity contribution in [1.82, 2.24) is 0 Å². The topological polar surface area (TPSA) is 71.1 Å². The second-order valence-corrected chi connectivity index (χ2v) is 6.62. The third-order valence-electron chi connectivity index (χ3n) is 3.99. The molecule has 2 aromatic carbocycles. The minimum Gasteiger partial charge on any atom is -0.490 e. The summed E-state index contributed by atoms with van der Waals surface area (Å²) in [6.07, 6.45) is 0. The molecule has 29 heavy (non-hydrogen) atoms. The highest BCUT2D eigenvalue weighted by molar-refractivity contribution is 5.91. The predicted octanol–water partition coefficient (Wildman–Crippen LogP) is 4.14. The van der Waals surface area contributed by atoms with Crippen molar-refractivity contribution in [1.29, 1.82) is 0 Å². The number of esters is 2. The van der Waals surface area contributed by atoms with E-state index in [2.05, 4.69) is 13.2 Å². The SMILES string of the molecule is C=C(C)C(=O)OCCOc1ccc2ccc(C)c(OCCOC(=O)C(=C)C)c2c1. The summed E-state index contributed by atoms with van der Waals surface area (Å²) < 4.78 is 21.6. The van der Waals surface area contributed by atoms with Gasteiger partial charge in [-0.25, -0.2) is 9.59 Å². The molecule has 0 unspecified atom stereocenters. The van der Waals surface area contributed by atoms with E-state index in [1.165, 1.54) is 0 Å². The van der Waals surface area contributed by atoms with Crippen LogP contribution in [-0.4, -0.2) is 38.4 Å². The first-order valence-electron chi connectivity index (χ1n) is 9.24. The fraction of sp³-hybridized carbons (Fsp3) is 0.304. The molecule has 0 radical (unpaired) electrons. The van der Waals surface area contributed by atoms with Gasteiger partial charge >= 0.3 is 11.9 Å². The molecule has 0 aliphatic carbocycles. The largest absolute Gasteiger partial charge is 0.490 e. The summed E-state index contributed by atoms with van der Waals surface area (Å²) in [4.78, 5) is 22.8. The van der Waals surface area contributed by atoms with E-state index in [1.54, 1.807) is 13.8 Å². The van der Waals surface area contributed by atoms with E-state index in [0.717, 1.165) is 16.3 Å². The van der Waals surface area contributed by atoms with Crippen molar-refractivity contribution in [3.8, 4) is 11.5 Å². The maximum Gasteiger partial charge on any atom is 0.333 e. The zero-order valence-electron chi connectivity index (χ0n) is 17.1. The number of aryl methyl sites for hydroxylation is 1. The van der Waals surface area contributed by atoms with Crippen molar-refractivity contribution in [2.24, 2.45) is 0 Å². The predicted molar refractivity (Wildman–Crippen MR) is 111 cm³/mol. The highest BCUT2D eigenvalue weighted by Crippen LogP contribution is 2.32. The molecule has 0 spiro atoms. The normalized spacial score (nSPS) is 10.3. The highest BCUT2D eigenvalue weighted by Gasteiger charge is 2.10. The van der Waals surface area contributed by atoms with Crippen molar-refractivity contribution < 1.29 is 28.5 Å². The minimum absolute atomic E-state index is 0.131. The number of ether oxygens (including phenoxy) is 4. The van der Waals surface area contributed by atoms with E-state index in [9.17, 15) is 9.59 Å². The minimum atomic E-state index is -0.439. The van der Waals surface area contributed by atoms with Crippen molar-refractivity contribution in [2.75, 3.05) is 26.4 Å². The first-order valence-corrected chi connectivity index (χ1v) is 9.24. The van der Waals surface area contributed by atoms with Gasteiger partial charge in [-0.1, -0.05) is 31.4 Å². The molecule has 0 N–H and O–H groups in total. The van der Waals surface area contributed by atoms with Gasteiger partial charge in [-0.05, 0) is 43.9 Å². The lowest BCUT2D eigenvalue weighted by molar-refractivity contribution is -0.140. The smallest absolute Gasteiger partial charge is 0.333 e. The molecule has 6 heteroatoms. The van der Waals surface area contributed by atoms with E-state index in [-0.39, 0.29) is 26.4 Å². The third kappa shape index (κ3) is 6.38. The lowest BCUT2D eigenvalue weighted by Crippen LogP contribution is -2.13. The van der Waals surface area contributed by atoms with Crippen molar-refractivity contribution in [2.45, 2.75) is 20.8 Å². The first kappa shape index (κ1) is 22.0. The van der Waals surface area contributed by atoms with Crippen LogP contribution in [0.2, 0.25) is 0 Å². The molecule has 0 amide bonds. The molecule has 0 fully saturated rings.